The van der Waals surface area contributed by atoms with Gasteiger partial charge in [0.05, 0.1) is 0 Å². The van der Waals surface area contributed by atoms with E-state index in [1.54, 1.807) is 0 Å². The maximum absolute atomic E-state index is 4.12. The molecule has 1 nitrogen and oxygen atoms in total. The Labute approximate surface area is 56.5 Å². The van der Waals surface area contributed by atoms with Crippen molar-refractivity contribution in [3.05, 3.63) is 11.8 Å². The molecule has 0 saturated carbocycles. The average molecular weight is 123 g/mol. The molecule has 0 aromatic heterocycles. The third-order valence-corrected chi connectivity index (χ3v) is 1.45. The van der Waals surface area contributed by atoms with Gasteiger partial charge in [-0.3, -0.25) is 4.99 Å². The van der Waals surface area contributed by atoms with Crippen molar-refractivity contribution >= 4 is 6.21 Å². The van der Waals surface area contributed by atoms with Crippen LogP contribution < -0.4 is 0 Å². The van der Waals surface area contributed by atoms with Crippen molar-refractivity contribution in [2.75, 3.05) is 0 Å². The predicted octanol–water partition coefficient (Wildman–Crippen LogP) is 2.39. The summed E-state index contributed by atoms with van der Waals surface area (Å²) in [4.78, 5) is 4.12. The molecule has 0 aliphatic carbocycles. The maximum atomic E-state index is 4.12. The van der Waals surface area contributed by atoms with Crippen LogP contribution in [0.4, 0.5) is 0 Å². The van der Waals surface area contributed by atoms with Gasteiger partial charge in [-0.05, 0) is 13.3 Å². The largest absolute Gasteiger partial charge is 0.269 e. The quantitative estimate of drug-likeness (QED) is 0.469. The summed E-state index contributed by atoms with van der Waals surface area (Å²) in [5.41, 5.74) is 1.67. The number of nitrogens with zero attached hydrogens (tertiary/aromatic N) is 1. The highest BCUT2D eigenvalue weighted by atomic mass is 14.7. The summed E-state index contributed by atoms with van der Waals surface area (Å²) in [7, 11) is 0. The Morgan fingerprint density at radius 3 is 2.56 bits per heavy atom. The molecule has 0 unspecified atom stereocenters. The molecule has 1 heteroatoms. The summed E-state index contributed by atoms with van der Waals surface area (Å²) in [5.74, 6) is 0. The van der Waals surface area contributed by atoms with E-state index in [2.05, 4.69) is 25.8 Å². The van der Waals surface area contributed by atoms with Gasteiger partial charge >= 0.3 is 0 Å². The fraction of sp³-hybridized carbons (Fsp3) is 0.625. The van der Waals surface area contributed by atoms with Crippen molar-refractivity contribution in [2.24, 2.45) is 10.4 Å². The zero-order valence-electron chi connectivity index (χ0n) is 6.31. The lowest BCUT2D eigenvalue weighted by Crippen LogP contribution is -2.15. The van der Waals surface area contributed by atoms with Crippen LogP contribution in [0.3, 0.4) is 0 Å². The van der Waals surface area contributed by atoms with Crippen molar-refractivity contribution in [3.63, 3.8) is 0 Å². The fourth-order valence-electron chi connectivity index (χ4n) is 1.18. The maximum Gasteiger partial charge on any atom is 0.0253 e. The second-order valence-electron chi connectivity index (χ2n) is 3.42. The summed E-state index contributed by atoms with van der Waals surface area (Å²) < 4.78 is 0. The molecule has 1 aliphatic rings. The molecule has 0 radical (unpaired) electrons. The lowest BCUT2D eigenvalue weighted by Gasteiger charge is -2.21. The molecule has 1 aliphatic heterocycles. The average Bonchev–Trinajstić information content (AvgIpc) is 1.60. The molecule has 0 atom stereocenters. The molecular weight excluding hydrogens is 110 g/mol. The van der Waals surface area contributed by atoms with Gasteiger partial charge < -0.3 is 0 Å². The number of hydrogen-bond donors (Lipinski definition) is 0. The van der Waals surface area contributed by atoms with E-state index < -0.39 is 0 Å². The first-order valence-corrected chi connectivity index (χ1v) is 3.30. The monoisotopic (exact) mass is 123 g/mol. The summed E-state index contributed by atoms with van der Waals surface area (Å²) in [6.07, 6.45) is 5.10. The van der Waals surface area contributed by atoms with Crippen LogP contribution in [0.5, 0.6) is 0 Å². The van der Waals surface area contributed by atoms with Crippen LogP contribution in [0, 0.1) is 5.41 Å². The zero-order chi connectivity index (χ0) is 6.91. The third kappa shape index (κ3) is 1.67. The van der Waals surface area contributed by atoms with Crippen molar-refractivity contribution in [3.8, 4) is 0 Å². The van der Waals surface area contributed by atoms with Gasteiger partial charge in [0.25, 0.3) is 0 Å². The molecule has 0 fully saturated rings. The van der Waals surface area contributed by atoms with Crippen molar-refractivity contribution in [2.45, 2.75) is 27.2 Å². The van der Waals surface area contributed by atoms with Crippen LogP contribution in [0.2, 0.25) is 0 Å². The molecule has 1 rings (SSSR count). The SMILES string of the molecule is CC1=CN=CC(C)(C)C1. The highest BCUT2D eigenvalue weighted by Crippen LogP contribution is 2.25. The van der Waals surface area contributed by atoms with Crippen molar-refractivity contribution in [1.29, 1.82) is 0 Å². The van der Waals surface area contributed by atoms with Gasteiger partial charge in [0, 0.05) is 17.8 Å². The Bertz CT molecular complexity index is 163. The van der Waals surface area contributed by atoms with E-state index in [-0.39, 0.29) is 0 Å². The Morgan fingerprint density at radius 1 is 1.56 bits per heavy atom. The van der Waals surface area contributed by atoms with Gasteiger partial charge in [0.15, 0.2) is 0 Å². The van der Waals surface area contributed by atoms with Gasteiger partial charge in [-0.2, -0.15) is 0 Å². The summed E-state index contributed by atoms with van der Waals surface area (Å²) in [6, 6.07) is 0. The van der Waals surface area contributed by atoms with Gasteiger partial charge in [-0.25, -0.2) is 0 Å². The lowest BCUT2D eigenvalue weighted by atomic mass is 9.86. The number of rotatable bonds is 0. The first-order valence-electron chi connectivity index (χ1n) is 3.30. The predicted molar refractivity (Wildman–Crippen MR) is 40.6 cm³/mol. The number of allylic oxidation sites excluding steroid dienone is 1. The first kappa shape index (κ1) is 6.53. The van der Waals surface area contributed by atoms with E-state index in [4.69, 9.17) is 0 Å². The second-order valence-corrected chi connectivity index (χ2v) is 3.42. The summed E-state index contributed by atoms with van der Waals surface area (Å²) in [5, 5.41) is 0. The van der Waals surface area contributed by atoms with Crippen LogP contribution in [-0.2, 0) is 0 Å². The second kappa shape index (κ2) is 1.98. The Hall–Kier alpha value is -0.590. The lowest BCUT2D eigenvalue weighted by molar-refractivity contribution is 0.523. The van der Waals surface area contributed by atoms with E-state index in [9.17, 15) is 0 Å². The van der Waals surface area contributed by atoms with Crippen LogP contribution in [0.25, 0.3) is 0 Å². The minimum atomic E-state index is 0.291. The molecular formula is C8H13N. The Balaban J connectivity index is 2.73. The van der Waals surface area contributed by atoms with Crippen LogP contribution in [0.1, 0.15) is 27.2 Å². The molecule has 0 spiro atoms. The third-order valence-electron chi connectivity index (χ3n) is 1.45. The van der Waals surface area contributed by atoms with Crippen molar-refractivity contribution < 1.29 is 0 Å². The number of aliphatic imine (C=N–C) groups is 1. The molecule has 1 heterocycles. The number of hydrogen-bond acceptors (Lipinski definition) is 1. The Kier molecular flexibility index (Phi) is 1.43. The fourth-order valence-corrected chi connectivity index (χ4v) is 1.18. The molecule has 0 amide bonds. The molecule has 0 N–H and O–H groups in total. The first-order chi connectivity index (χ1) is 4.10. The topological polar surface area (TPSA) is 12.4 Å². The molecule has 0 bridgehead atoms. The van der Waals surface area contributed by atoms with Crippen molar-refractivity contribution in [1.82, 2.24) is 0 Å². The Morgan fingerprint density at radius 2 is 2.22 bits per heavy atom. The minimum absolute atomic E-state index is 0.291. The van der Waals surface area contributed by atoms with E-state index in [0.717, 1.165) is 6.42 Å². The summed E-state index contributed by atoms with van der Waals surface area (Å²) >= 11 is 0. The van der Waals surface area contributed by atoms with Gasteiger partial charge in [-0.15, -0.1) is 0 Å². The van der Waals surface area contributed by atoms with Gasteiger partial charge in [0.2, 0.25) is 0 Å². The van der Waals surface area contributed by atoms with Crippen LogP contribution in [0.15, 0.2) is 16.8 Å². The molecule has 0 aromatic rings. The van der Waals surface area contributed by atoms with Crippen LogP contribution >= 0.6 is 0 Å². The van der Waals surface area contributed by atoms with Gasteiger partial charge in [0.1, 0.15) is 0 Å². The highest BCUT2D eigenvalue weighted by molar-refractivity contribution is 5.67. The van der Waals surface area contributed by atoms with Crippen LogP contribution in [-0.4, -0.2) is 6.21 Å². The standard InChI is InChI=1S/C8H13N/c1-7-4-8(2,3)6-9-5-7/h5-6H,4H2,1-3H3. The normalized spacial score (nSPS) is 23.7. The molecule has 9 heavy (non-hydrogen) atoms. The highest BCUT2D eigenvalue weighted by Gasteiger charge is 2.17. The summed E-state index contributed by atoms with van der Waals surface area (Å²) in [6.45, 7) is 6.53. The van der Waals surface area contributed by atoms with E-state index >= 15 is 0 Å². The van der Waals surface area contributed by atoms with E-state index in [1.807, 2.05) is 12.4 Å². The zero-order valence-corrected chi connectivity index (χ0v) is 6.31. The molecule has 0 aromatic carbocycles. The van der Waals surface area contributed by atoms with E-state index in [1.165, 1.54) is 5.57 Å². The minimum Gasteiger partial charge on any atom is -0.269 e. The van der Waals surface area contributed by atoms with Gasteiger partial charge in [-0.1, -0.05) is 19.4 Å². The molecule has 50 valence electrons. The smallest absolute Gasteiger partial charge is 0.0253 e. The van der Waals surface area contributed by atoms with E-state index in [0.29, 0.717) is 5.41 Å². The molecule has 0 saturated heterocycles.